The van der Waals surface area contributed by atoms with Crippen LogP contribution in [0.15, 0.2) is 0 Å². The van der Waals surface area contributed by atoms with Crippen molar-refractivity contribution >= 4 is 11.6 Å². The van der Waals surface area contributed by atoms with Gasteiger partial charge in [0, 0.05) is 24.2 Å². The molecular formula is C19H27FO2. The first-order valence-corrected chi connectivity index (χ1v) is 9.06. The summed E-state index contributed by atoms with van der Waals surface area (Å²) in [6.07, 6.45) is 5.58. The molecule has 4 aliphatic carbocycles. The van der Waals surface area contributed by atoms with Crippen molar-refractivity contribution in [3.63, 3.8) is 0 Å². The topological polar surface area (TPSA) is 34.1 Å². The summed E-state index contributed by atoms with van der Waals surface area (Å²) < 4.78 is 13.8. The van der Waals surface area contributed by atoms with Crippen LogP contribution in [0, 0.1) is 34.5 Å². The van der Waals surface area contributed by atoms with Gasteiger partial charge in [-0.05, 0) is 61.7 Å². The summed E-state index contributed by atoms with van der Waals surface area (Å²) in [6, 6.07) is 0. The van der Waals surface area contributed by atoms with Crippen molar-refractivity contribution in [2.45, 2.75) is 71.4 Å². The minimum atomic E-state index is -0.674. The van der Waals surface area contributed by atoms with Gasteiger partial charge in [0.15, 0.2) is 0 Å². The summed E-state index contributed by atoms with van der Waals surface area (Å²) in [5.74, 6) is 1.83. The van der Waals surface area contributed by atoms with Crippen LogP contribution >= 0.6 is 0 Å². The van der Waals surface area contributed by atoms with E-state index in [4.69, 9.17) is 0 Å². The van der Waals surface area contributed by atoms with Crippen LogP contribution in [0.5, 0.6) is 0 Å². The van der Waals surface area contributed by atoms with E-state index >= 15 is 0 Å². The molecule has 0 aromatic heterocycles. The zero-order chi connectivity index (χ0) is 15.7. The third-order valence-electron chi connectivity index (χ3n) is 8.00. The Bertz CT molecular complexity index is 530. The molecule has 0 amide bonds. The third kappa shape index (κ3) is 1.77. The molecule has 7 atom stereocenters. The number of hydrogen-bond donors (Lipinski definition) is 0. The van der Waals surface area contributed by atoms with Crippen molar-refractivity contribution < 1.29 is 14.0 Å². The molecule has 0 aliphatic heterocycles. The molecule has 4 fully saturated rings. The van der Waals surface area contributed by atoms with Crippen LogP contribution in [0.3, 0.4) is 0 Å². The van der Waals surface area contributed by atoms with Gasteiger partial charge in [0.05, 0.1) is 0 Å². The Hall–Kier alpha value is -0.730. The number of halogens is 1. The summed E-state index contributed by atoms with van der Waals surface area (Å²) >= 11 is 0. The second-order valence-electron chi connectivity index (χ2n) is 8.92. The molecule has 4 saturated carbocycles. The number of fused-ring (bicyclic) bond motifs is 5. The average Bonchev–Trinajstić information content (AvgIpc) is 2.75. The second-order valence-corrected chi connectivity index (χ2v) is 8.92. The number of alkyl halides is 1. The van der Waals surface area contributed by atoms with E-state index in [-0.39, 0.29) is 11.3 Å². The fraction of sp³-hybridized carbons (Fsp3) is 0.895. The first kappa shape index (κ1) is 14.8. The molecule has 4 aliphatic rings. The molecule has 0 aromatic carbocycles. The average molecular weight is 306 g/mol. The van der Waals surface area contributed by atoms with Crippen LogP contribution in [-0.4, -0.2) is 17.7 Å². The van der Waals surface area contributed by atoms with Crippen LogP contribution in [0.2, 0.25) is 0 Å². The van der Waals surface area contributed by atoms with Gasteiger partial charge in [-0.2, -0.15) is 0 Å². The number of rotatable bonds is 0. The molecule has 0 heterocycles. The molecule has 3 heteroatoms. The maximum atomic E-state index is 13.8. The zero-order valence-electron chi connectivity index (χ0n) is 13.7. The highest BCUT2D eigenvalue weighted by molar-refractivity contribution is 5.95. The molecule has 0 aromatic rings. The Morgan fingerprint density at radius 2 is 1.86 bits per heavy atom. The third-order valence-corrected chi connectivity index (χ3v) is 8.00. The predicted molar refractivity (Wildman–Crippen MR) is 82.0 cm³/mol. The summed E-state index contributed by atoms with van der Waals surface area (Å²) in [6.45, 7) is 4.28. The normalized spacial score (nSPS) is 54.6. The van der Waals surface area contributed by atoms with E-state index in [9.17, 15) is 14.0 Å². The largest absolute Gasteiger partial charge is 0.299 e. The molecule has 0 radical (unpaired) electrons. The molecule has 0 bridgehead atoms. The van der Waals surface area contributed by atoms with Gasteiger partial charge in [-0.15, -0.1) is 0 Å². The van der Waals surface area contributed by atoms with Crippen molar-refractivity contribution in [2.24, 2.45) is 34.5 Å². The minimum Gasteiger partial charge on any atom is -0.299 e. The highest BCUT2D eigenvalue weighted by atomic mass is 19.1. The Labute approximate surface area is 132 Å². The molecule has 0 unspecified atom stereocenters. The molecule has 0 N–H and O–H groups in total. The monoisotopic (exact) mass is 306 g/mol. The van der Waals surface area contributed by atoms with Gasteiger partial charge in [0.1, 0.15) is 17.7 Å². The van der Waals surface area contributed by atoms with Gasteiger partial charge >= 0.3 is 0 Å². The van der Waals surface area contributed by atoms with Gasteiger partial charge in [-0.25, -0.2) is 4.39 Å². The molecule has 22 heavy (non-hydrogen) atoms. The lowest BCUT2D eigenvalue weighted by molar-refractivity contribution is -0.161. The number of Topliss-reactive ketones (excluding diaryl/α,β-unsaturated/α-hetero) is 2. The predicted octanol–water partition coefficient (Wildman–Crippen LogP) is 4.12. The molecule has 2 nitrogen and oxygen atoms in total. The van der Waals surface area contributed by atoms with Gasteiger partial charge in [0.25, 0.3) is 0 Å². The summed E-state index contributed by atoms with van der Waals surface area (Å²) in [5.41, 5.74) is -0.408. The van der Waals surface area contributed by atoms with Crippen LogP contribution in [0.25, 0.3) is 0 Å². The van der Waals surface area contributed by atoms with Crippen molar-refractivity contribution in [1.29, 1.82) is 0 Å². The summed E-state index contributed by atoms with van der Waals surface area (Å²) in [7, 11) is 0. The van der Waals surface area contributed by atoms with E-state index in [1.165, 1.54) is 0 Å². The SMILES string of the molecule is C[C@@]12CC[C@@H](F)C[C@@H]1CC[C@H]1[C@H]2C(=O)C[C@]2(C)C(=O)CC[C@@H]12. The number of carbonyl (C=O) groups excluding carboxylic acids is 2. The van der Waals surface area contributed by atoms with Crippen molar-refractivity contribution in [2.75, 3.05) is 0 Å². The Kier molecular flexibility index (Phi) is 3.13. The van der Waals surface area contributed by atoms with E-state index in [2.05, 4.69) is 6.92 Å². The number of hydrogen-bond acceptors (Lipinski definition) is 2. The lowest BCUT2D eigenvalue weighted by Crippen LogP contribution is -2.57. The van der Waals surface area contributed by atoms with Gasteiger partial charge < -0.3 is 0 Å². The van der Waals surface area contributed by atoms with Crippen LogP contribution in [0.1, 0.15) is 65.2 Å². The van der Waals surface area contributed by atoms with E-state index in [1.807, 2.05) is 6.92 Å². The van der Waals surface area contributed by atoms with Crippen molar-refractivity contribution in [1.82, 2.24) is 0 Å². The fourth-order valence-corrected chi connectivity index (χ4v) is 6.80. The maximum absolute atomic E-state index is 13.8. The van der Waals surface area contributed by atoms with Crippen molar-refractivity contribution in [3.05, 3.63) is 0 Å². The van der Waals surface area contributed by atoms with Crippen molar-refractivity contribution in [3.8, 4) is 0 Å². The molecule has 0 spiro atoms. The Balaban J connectivity index is 1.71. The first-order valence-electron chi connectivity index (χ1n) is 9.06. The number of carbonyl (C=O) groups is 2. The standard InChI is InChI=1S/C19H27FO2/c1-18-8-7-12(20)9-11(18)3-4-13-14-5-6-16(22)19(14,2)10-15(21)17(13)18/h11-14,17H,3-10H2,1-2H3/t11-,12+,13+,14-,17-,18+,19-/m0/s1. The quantitative estimate of drug-likeness (QED) is 0.675. The van der Waals surface area contributed by atoms with Gasteiger partial charge in [-0.1, -0.05) is 13.8 Å². The minimum absolute atomic E-state index is 0.0183. The van der Waals surface area contributed by atoms with Crippen LogP contribution in [0.4, 0.5) is 4.39 Å². The molecular weight excluding hydrogens is 279 g/mol. The Morgan fingerprint density at radius 3 is 2.64 bits per heavy atom. The Morgan fingerprint density at radius 1 is 1.09 bits per heavy atom. The van der Waals surface area contributed by atoms with Gasteiger partial charge in [0.2, 0.25) is 0 Å². The number of ketones is 2. The summed E-state index contributed by atoms with van der Waals surface area (Å²) in [4.78, 5) is 25.4. The van der Waals surface area contributed by atoms with Crippen LogP contribution in [-0.2, 0) is 9.59 Å². The van der Waals surface area contributed by atoms with E-state index in [1.54, 1.807) is 0 Å². The van der Waals surface area contributed by atoms with E-state index < -0.39 is 11.6 Å². The second kappa shape index (κ2) is 4.64. The lowest BCUT2D eigenvalue weighted by Gasteiger charge is -2.58. The van der Waals surface area contributed by atoms with Gasteiger partial charge in [-0.3, -0.25) is 9.59 Å². The zero-order valence-corrected chi connectivity index (χ0v) is 13.7. The molecule has 4 rings (SSSR count). The lowest BCUT2D eigenvalue weighted by atomic mass is 9.45. The highest BCUT2D eigenvalue weighted by Gasteiger charge is 2.63. The highest BCUT2D eigenvalue weighted by Crippen LogP contribution is 2.64. The maximum Gasteiger partial charge on any atom is 0.139 e. The molecule has 122 valence electrons. The van der Waals surface area contributed by atoms with Crippen LogP contribution < -0.4 is 0 Å². The molecule has 0 saturated heterocycles. The van der Waals surface area contributed by atoms with E-state index in [0.29, 0.717) is 55.0 Å². The first-order chi connectivity index (χ1) is 10.4. The van der Waals surface area contributed by atoms with E-state index in [0.717, 1.165) is 25.7 Å². The smallest absolute Gasteiger partial charge is 0.139 e. The fourth-order valence-electron chi connectivity index (χ4n) is 6.80. The summed E-state index contributed by atoms with van der Waals surface area (Å²) in [5, 5.41) is 0.